The number of ketones is 1. The molecule has 1 aliphatic rings. The maximum Gasteiger partial charge on any atom is 0.320 e. The van der Waals surface area contributed by atoms with Crippen LogP contribution in [0.3, 0.4) is 0 Å². The second-order valence-electron chi connectivity index (χ2n) is 6.33. The summed E-state index contributed by atoms with van der Waals surface area (Å²) in [6.45, 7) is 0. The van der Waals surface area contributed by atoms with Crippen LogP contribution in [0.4, 0.5) is 0 Å². The van der Waals surface area contributed by atoms with Gasteiger partial charge in [0.1, 0.15) is 5.78 Å². The lowest BCUT2D eigenvalue weighted by Crippen LogP contribution is -2.39. The third-order valence-corrected chi connectivity index (χ3v) is 5.27. The number of Topliss-reactive ketones (excluding diaryl/α,β-unsaturated/α-hetero) is 1. The SMILES string of the molecule is COC(=O)C(C(=O)OC)C(/C=C/c1ccc(Br)cc1)C1CCCCC1=O. The van der Waals surface area contributed by atoms with Crippen LogP contribution < -0.4 is 0 Å². The van der Waals surface area contributed by atoms with E-state index in [1.54, 1.807) is 6.08 Å². The van der Waals surface area contributed by atoms with Gasteiger partial charge in [0.15, 0.2) is 5.92 Å². The lowest BCUT2D eigenvalue weighted by molar-refractivity contribution is -0.162. The highest BCUT2D eigenvalue weighted by molar-refractivity contribution is 9.10. The molecule has 2 atom stereocenters. The molecule has 1 aromatic carbocycles. The Hall–Kier alpha value is -1.95. The number of allylic oxidation sites excluding steroid dienone is 1. The fourth-order valence-corrected chi connectivity index (χ4v) is 3.62. The number of carbonyl (C=O) groups is 3. The molecule has 0 heterocycles. The Balaban J connectivity index is 2.39. The van der Waals surface area contributed by atoms with Crippen molar-refractivity contribution < 1.29 is 23.9 Å². The molecule has 0 amide bonds. The van der Waals surface area contributed by atoms with E-state index < -0.39 is 29.7 Å². The molecule has 6 heteroatoms. The van der Waals surface area contributed by atoms with Gasteiger partial charge in [0.05, 0.1) is 14.2 Å². The van der Waals surface area contributed by atoms with Gasteiger partial charge in [-0.05, 0) is 30.5 Å². The van der Waals surface area contributed by atoms with Crippen molar-refractivity contribution in [3.63, 3.8) is 0 Å². The molecule has 26 heavy (non-hydrogen) atoms. The van der Waals surface area contributed by atoms with Gasteiger partial charge in [-0.1, -0.05) is 46.6 Å². The summed E-state index contributed by atoms with van der Waals surface area (Å²) in [5, 5.41) is 0. The fourth-order valence-electron chi connectivity index (χ4n) is 3.36. The van der Waals surface area contributed by atoms with Crippen molar-refractivity contribution in [3.8, 4) is 0 Å². The topological polar surface area (TPSA) is 69.7 Å². The van der Waals surface area contributed by atoms with E-state index in [0.717, 1.165) is 22.9 Å². The van der Waals surface area contributed by atoms with Gasteiger partial charge in [-0.2, -0.15) is 0 Å². The second-order valence-corrected chi connectivity index (χ2v) is 7.25. The van der Waals surface area contributed by atoms with Crippen LogP contribution in [0.1, 0.15) is 31.2 Å². The second kappa shape index (κ2) is 9.67. The quantitative estimate of drug-likeness (QED) is 0.514. The molecular weight excluding hydrogens is 400 g/mol. The van der Waals surface area contributed by atoms with E-state index in [0.29, 0.717) is 12.8 Å². The molecule has 2 rings (SSSR count). The number of ether oxygens (including phenoxy) is 2. The third-order valence-electron chi connectivity index (χ3n) is 4.74. The van der Waals surface area contributed by atoms with Crippen LogP contribution >= 0.6 is 15.9 Å². The Morgan fingerprint density at radius 2 is 1.73 bits per heavy atom. The van der Waals surface area contributed by atoms with E-state index in [1.165, 1.54) is 14.2 Å². The number of hydrogen-bond donors (Lipinski definition) is 0. The molecule has 1 aromatic rings. The maximum atomic E-state index is 12.5. The zero-order chi connectivity index (χ0) is 19.1. The largest absolute Gasteiger partial charge is 0.468 e. The molecule has 0 aromatic heterocycles. The minimum Gasteiger partial charge on any atom is -0.468 e. The fraction of sp³-hybridized carbons (Fsp3) is 0.450. The number of hydrogen-bond acceptors (Lipinski definition) is 5. The summed E-state index contributed by atoms with van der Waals surface area (Å²) in [6, 6.07) is 7.62. The highest BCUT2D eigenvalue weighted by atomic mass is 79.9. The summed E-state index contributed by atoms with van der Waals surface area (Å²) < 4.78 is 10.6. The molecule has 1 saturated carbocycles. The summed E-state index contributed by atoms with van der Waals surface area (Å²) in [4.78, 5) is 37.0. The third kappa shape index (κ3) is 5.04. The molecule has 0 radical (unpaired) electrons. The minimum atomic E-state index is -1.15. The van der Waals surface area contributed by atoms with Crippen LogP contribution in [0.5, 0.6) is 0 Å². The van der Waals surface area contributed by atoms with Crippen molar-refractivity contribution in [1.82, 2.24) is 0 Å². The first-order valence-electron chi connectivity index (χ1n) is 8.60. The summed E-state index contributed by atoms with van der Waals surface area (Å²) in [5.41, 5.74) is 0.912. The molecule has 0 bridgehead atoms. The summed E-state index contributed by atoms with van der Waals surface area (Å²) in [6.07, 6.45) is 6.47. The first kappa shape index (κ1) is 20.4. The minimum absolute atomic E-state index is 0.0829. The van der Waals surface area contributed by atoms with Crippen LogP contribution in [-0.4, -0.2) is 31.9 Å². The van der Waals surface area contributed by atoms with Crippen LogP contribution in [-0.2, 0) is 23.9 Å². The molecule has 2 unspecified atom stereocenters. The standard InChI is InChI=1S/C20H23BrO5/c1-25-19(23)18(20(24)26-2)16(15-5-3-4-6-17(15)22)12-9-13-7-10-14(21)11-8-13/h7-12,15-16,18H,3-6H2,1-2H3/b12-9+. The average molecular weight is 423 g/mol. The van der Waals surface area contributed by atoms with Gasteiger partial charge < -0.3 is 9.47 Å². The normalized spacial score (nSPS) is 18.8. The number of benzene rings is 1. The molecule has 140 valence electrons. The molecule has 1 aliphatic carbocycles. The number of carbonyl (C=O) groups excluding carboxylic acids is 3. The van der Waals surface area contributed by atoms with Crippen molar-refractivity contribution in [2.45, 2.75) is 25.7 Å². The molecule has 0 spiro atoms. The molecule has 5 nitrogen and oxygen atoms in total. The molecular formula is C20H23BrO5. The summed E-state index contributed by atoms with van der Waals surface area (Å²) in [5.74, 6) is -3.41. The number of halogens is 1. The van der Waals surface area contributed by atoms with Crippen LogP contribution in [0, 0.1) is 17.8 Å². The molecule has 0 saturated heterocycles. The predicted molar refractivity (Wildman–Crippen MR) is 101 cm³/mol. The van der Waals surface area contributed by atoms with Gasteiger partial charge in [-0.15, -0.1) is 0 Å². The van der Waals surface area contributed by atoms with E-state index in [9.17, 15) is 14.4 Å². The number of esters is 2. The van der Waals surface area contributed by atoms with E-state index in [1.807, 2.05) is 30.3 Å². The van der Waals surface area contributed by atoms with Gasteiger partial charge in [0.2, 0.25) is 0 Å². The Kier molecular flexibility index (Phi) is 7.57. The van der Waals surface area contributed by atoms with Crippen molar-refractivity contribution in [2.75, 3.05) is 14.2 Å². The van der Waals surface area contributed by atoms with E-state index in [4.69, 9.17) is 9.47 Å². The maximum absolute atomic E-state index is 12.5. The highest BCUT2D eigenvalue weighted by Crippen LogP contribution is 2.34. The molecule has 1 fully saturated rings. The highest BCUT2D eigenvalue weighted by Gasteiger charge is 2.42. The van der Waals surface area contributed by atoms with Gasteiger partial charge >= 0.3 is 11.9 Å². The lowest BCUT2D eigenvalue weighted by Gasteiger charge is -2.30. The van der Waals surface area contributed by atoms with Crippen molar-refractivity contribution in [3.05, 3.63) is 40.4 Å². The van der Waals surface area contributed by atoms with Crippen molar-refractivity contribution in [2.24, 2.45) is 17.8 Å². The van der Waals surface area contributed by atoms with Crippen LogP contribution in [0.25, 0.3) is 6.08 Å². The van der Waals surface area contributed by atoms with Crippen molar-refractivity contribution in [1.29, 1.82) is 0 Å². The van der Waals surface area contributed by atoms with E-state index >= 15 is 0 Å². The van der Waals surface area contributed by atoms with E-state index in [-0.39, 0.29) is 5.78 Å². The Labute approximate surface area is 161 Å². The van der Waals surface area contributed by atoms with Gasteiger partial charge in [0, 0.05) is 22.7 Å². The van der Waals surface area contributed by atoms with Crippen LogP contribution in [0.15, 0.2) is 34.8 Å². The first-order chi connectivity index (χ1) is 12.5. The van der Waals surface area contributed by atoms with Crippen molar-refractivity contribution >= 4 is 39.7 Å². The smallest absolute Gasteiger partial charge is 0.320 e. The van der Waals surface area contributed by atoms with E-state index in [2.05, 4.69) is 15.9 Å². The zero-order valence-electron chi connectivity index (χ0n) is 14.9. The predicted octanol–water partition coefficient (Wildman–Crippen LogP) is 3.80. The van der Waals surface area contributed by atoms with Gasteiger partial charge in [0.25, 0.3) is 0 Å². The Bertz CT molecular complexity index is 664. The monoisotopic (exact) mass is 422 g/mol. The number of rotatable bonds is 6. The lowest BCUT2D eigenvalue weighted by atomic mass is 9.73. The Morgan fingerprint density at radius 3 is 2.27 bits per heavy atom. The van der Waals surface area contributed by atoms with Gasteiger partial charge in [-0.3, -0.25) is 14.4 Å². The molecule has 0 N–H and O–H groups in total. The summed E-state index contributed by atoms with van der Waals surface area (Å²) in [7, 11) is 2.47. The number of methoxy groups -OCH3 is 2. The Morgan fingerprint density at radius 1 is 1.12 bits per heavy atom. The van der Waals surface area contributed by atoms with Gasteiger partial charge in [-0.25, -0.2) is 0 Å². The summed E-state index contributed by atoms with van der Waals surface area (Å²) >= 11 is 3.38. The molecule has 0 aliphatic heterocycles. The average Bonchev–Trinajstić information content (AvgIpc) is 2.66. The first-order valence-corrected chi connectivity index (χ1v) is 9.39. The zero-order valence-corrected chi connectivity index (χ0v) is 16.5. The van der Waals surface area contributed by atoms with Crippen LogP contribution in [0.2, 0.25) is 0 Å².